The maximum absolute atomic E-state index is 13.1. The van der Waals surface area contributed by atoms with Gasteiger partial charge in [-0.25, -0.2) is 8.42 Å². The molecule has 0 radical (unpaired) electrons. The van der Waals surface area contributed by atoms with Gasteiger partial charge in [0.1, 0.15) is 0 Å². The molecule has 0 aliphatic carbocycles. The minimum atomic E-state index is -3.61. The molecule has 1 fully saturated rings. The van der Waals surface area contributed by atoms with Gasteiger partial charge in [-0.15, -0.1) is 0 Å². The van der Waals surface area contributed by atoms with E-state index in [1.54, 1.807) is 30.3 Å². The van der Waals surface area contributed by atoms with Crippen LogP contribution in [0.1, 0.15) is 25.3 Å². The van der Waals surface area contributed by atoms with Crippen LogP contribution in [0.25, 0.3) is 10.2 Å². The molecule has 10 nitrogen and oxygen atoms in total. The number of carbonyl (C=O) groups is 1. The normalized spacial score (nSPS) is 16.0. The Morgan fingerprint density at radius 3 is 2.53 bits per heavy atom. The predicted molar refractivity (Wildman–Crippen MR) is 136 cm³/mol. The maximum Gasteiger partial charge on any atom is 0.270 e. The molecule has 4 rings (SSSR count). The Labute approximate surface area is 213 Å². The molecule has 12 heteroatoms. The fourth-order valence-corrected chi connectivity index (χ4v) is 6.73. The highest BCUT2D eigenvalue weighted by Crippen LogP contribution is 2.26. The van der Waals surface area contributed by atoms with Gasteiger partial charge in [-0.1, -0.05) is 29.0 Å². The molecule has 36 heavy (non-hydrogen) atoms. The number of fused-ring (bicyclic) bond motifs is 1. The zero-order valence-electron chi connectivity index (χ0n) is 20.1. The topological polar surface area (TPSA) is 124 Å². The van der Waals surface area contributed by atoms with Crippen molar-refractivity contribution < 1.29 is 22.9 Å². The van der Waals surface area contributed by atoms with Crippen LogP contribution in [-0.4, -0.2) is 54.4 Å². The summed E-state index contributed by atoms with van der Waals surface area (Å²) in [5.74, 6) is -0.706. The molecule has 0 bridgehead atoms. The van der Waals surface area contributed by atoms with E-state index in [0.29, 0.717) is 42.1 Å². The first-order valence-corrected chi connectivity index (χ1v) is 14.0. The van der Waals surface area contributed by atoms with Crippen molar-refractivity contribution in [2.45, 2.75) is 38.1 Å². The average Bonchev–Trinajstić information content (AvgIpc) is 3.20. The van der Waals surface area contributed by atoms with Crippen LogP contribution in [0.5, 0.6) is 0 Å². The number of thiazole rings is 1. The molecule has 0 unspecified atom stereocenters. The molecule has 1 aromatic heterocycles. The smallest absolute Gasteiger partial charge is 0.270 e. The molecule has 192 valence electrons. The van der Waals surface area contributed by atoms with Crippen molar-refractivity contribution in [3.05, 3.63) is 62.9 Å². The van der Waals surface area contributed by atoms with Crippen molar-refractivity contribution in [2.24, 2.45) is 10.9 Å². The predicted octanol–water partition coefficient (Wildman–Crippen LogP) is 3.48. The summed E-state index contributed by atoms with van der Waals surface area (Å²) in [7, 11) is -3.61. The summed E-state index contributed by atoms with van der Waals surface area (Å²) < 4.78 is 35.3. The molecule has 2 aromatic carbocycles. The van der Waals surface area contributed by atoms with Crippen molar-refractivity contribution in [2.75, 3.05) is 26.3 Å². The fourth-order valence-electron chi connectivity index (χ4n) is 4.17. The van der Waals surface area contributed by atoms with Crippen LogP contribution in [0.2, 0.25) is 0 Å². The monoisotopic (exact) mass is 532 g/mol. The molecule has 1 aliphatic heterocycles. The van der Waals surface area contributed by atoms with Gasteiger partial charge in [0, 0.05) is 44.3 Å². The number of hydrogen-bond acceptors (Lipinski definition) is 7. The summed E-state index contributed by atoms with van der Waals surface area (Å²) in [6, 6.07) is 11.3. The van der Waals surface area contributed by atoms with Crippen molar-refractivity contribution >= 4 is 43.2 Å². The van der Waals surface area contributed by atoms with Crippen LogP contribution in [0, 0.1) is 23.0 Å². The molecule has 1 saturated heterocycles. The summed E-state index contributed by atoms with van der Waals surface area (Å²) in [6.45, 7) is 5.68. The number of non-ortho nitro benzene ring substituents is 1. The van der Waals surface area contributed by atoms with E-state index in [9.17, 15) is 23.3 Å². The maximum atomic E-state index is 13.1. The molecule has 2 heterocycles. The quantitative estimate of drug-likeness (QED) is 0.249. The van der Waals surface area contributed by atoms with Gasteiger partial charge in [-0.3, -0.25) is 14.9 Å². The van der Waals surface area contributed by atoms with Crippen LogP contribution < -0.4 is 4.80 Å². The van der Waals surface area contributed by atoms with Gasteiger partial charge < -0.3 is 9.30 Å². The summed E-state index contributed by atoms with van der Waals surface area (Å²) in [4.78, 5) is 28.9. The number of aryl methyl sites for hydroxylation is 1. The number of ether oxygens (including phenoxy) is 1. The molecule has 0 atom stereocenters. The first-order valence-electron chi connectivity index (χ1n) is 11.7. The Hall–Kier alpha value is -2.93. The largest absolute Gasteiger partial charge is 0.380 e. The second kappa shape index (κ2) is 11.0. The molecular formula is C24H28N4O6S2. The third-order valence-corrected chi connectivity index (χ3v) is 9.16. The van der Waals surface area contributed by atoms with Gasteiger partial charge in [0.25, 0.3) is 11.6 Å². The number of sulfonamides is 1. The van der Waals surface area contributed by atoms with E-state index in [2.05, 4.69) is 4.99 Å². The highest BCUT2D eigenvalue weighted by molar-refractivity contribution is 7.89. The van der Waals surface area contributed by atoms with Gasteiger partial charge in [-0.05, 0) is 44.9 Å². The number of hydrogen-bond donors (Lipinski definition) is 0. The molecule has 1 aliphatic rings. The summed E-state index contributed by atoms with van der Waals surface area (Å²) >= 11 is 1.22. The average molecular weight is 533 g/mol. The minimum Gasteiger partial charge on any atom is -0.380 e. The number of rotatable bonds is 8. The SMILES string of the molecule is CCOCCn1c(=NC(=O)C2CCN(S(=O)(=O)c3ccc(C)cc3)CC2)sc2cc([N+](=O)[O-])ccc21. The lowest BCUT2D eigenvalue weighted by Crippen LogP contribution is -2.40. The molecule has 1 amide bonds. The van der Waals surface area contributed by atoms with E-state index >= 15 is 0 Å². The Bertz CT molecular complexity index is 1440. The van der Waals surface area contributed by atoms with Gasteiger partial charge in [0.15, 0.2) is 4.80 Å². The van der Waals surface area contributed by atoms with Crippen LogP contribution in [0.4, 0.5) is 5.69 Å². The van der Waals surface area contributed by atoms with Crippen LogP contribution in [0.15, 0.2) is 52.4 Å². The van der Waals surface area contributed by atoms with E-state index in [1.807, 2.05) is 18.4 Å². The van der Waals surface area contributed by atoms with E-state index in [0.717, 1.165) is 11.1 Å². The second-order valence-corrected chi connectivity index (χ2v) is 11.5. The highest BCUT2D eigenvalue weighted by atomic mass is 32.2. The second-order valence-electron chi connectivity index (χ2n) is 8.58. The Kier molecular flexibility index (Phi) is 7.98. The van der Waals surface area contributed by atoms with Crippen molar-refractivity contribution in [1.29, 1.82) is 0 Å². The van der Waals surface area contributed by atoms with Crippen LogP contribution in [0.3, 0.4) is 0 Å². The number of carbonyl (C=O) groups excluding carboxylic acids is 1. The Morgan fingerprint density at radius 1 is 1.19 bits per heavy atom. The van der Waals surface area contributed by atoms with Crippen molar-refractivity contribution in [3.63, 3.8) is 0 Å². The van der Waals surface area contributed by atoms with Gasteiger partial charge in [-0.2, -0.15) is 9.30 Å². The van der Waals surface area contributed by atoms with Crippen LogP contribution in [-0.2, 0) is 26.1 Å². The van der Waals surface area contributed by atoms with Gasteiger partial charge >= 0.3 is 0 Å². The lowest BCUT2D eigenvalue weighted by atomic mass is 9.98. The highest BCUT2D eigenvalue weighted by Gasteiger charge is 2.32. The Balaban J connectivity index is 1.54. The zero-order valence-corrected chi connectivity index (χ0v) is 21.8. The molecule has 0 spiro atoms. The standard InChI is InChI=1S/C24H28N4O6S2/c1-3-34-15-14-27-21-9-6-19(28(30)31)16-22(21)35-24(27)25-23(29)18-10-12-26(13-11-18)36(32,33)20-7-4-17(2)5-8-20/h4-9,16,18H,3,10-15H2,1-2H3. The first-order chi connectivity index (χ1) is 17.2. The summed E-state index contributed by atoms with van der Waals surface area (Å²) in [5, 5.41) is 11.2. The van der Waals surface area contributed by atoms with Crippen LogP contribution >= 0.6 is 11.3 Å². The summed E-state index contributed by atoms with van der Waals surface area (Å²) in [6.07, 6.45) is 0.755. The first kappa shape index (κ1) is 26.1. The van der Waals surface area contributed by atoms with E-state index in [1.165, 1.54) is 27.8 Å². The summed E-state index contributed by atoms with van der Waals surface area (Å²) in [5.41, 5.74) is 1.70. The minimum absolute atomic E-state index is 0.0271. The number of aromatic nitrogens is 1. The van der Waals surface area contributed by atoms with Crippen molar-refractivity contribution in [3.8, 4) is 0 Å². The van der Waals surface area contributed by atoms with E-state index in [4.69, 9.17) is 4.74 Å². The van der Waals surface area contributed by atoms with Gasteiger partial charge in [0.2, 0.25) is 10.0 Å². The lowest BCUT2D eigenvalue weighted by Gasteiger charge is -2.29. The fraction of sp³-hybridized carbons (Fsp3) is 0.417. The number of nitrogens with zero attached hydrogens (tertiary/aromatic N) is 4. The number of benzene rings is 2. The van der Waals surface area contributed by atoms with E-state index in [-0.39, 0.29) is 29.6 Å². The number of nitro benzene ring substituents is 1. The molecule has 0 saturated carbocycles. The molecule has 0 N–H and O–H groups in total. The zero-order chi connectivity index (χ0) is 25.9. The molecule has 3 aromatic rings. The van der Waals surface area contributed by atoms with E-state index < -0.39 is 20.9 Å². The van der Waals surface area contributed by atoms with Crippen molar-refractivity contribution in [1.82, 2.24) is 8.87 Å². The van der Waals surface area contributed by atoms with Gasteiger partial charge in [0.05, 0.1) is 26.6 Å². The number of amides is 1. The number of nitro groups is 1. The number of piperidine rings is 1. The third-order valence-electron chi connectivity index (χ3n) is 6.21. The lowest BCUT2D eigenvalue weighted by molar-refractivity contribution is -0.384. The Morgan fingerprint density at radius 2 is 1.89 bits per heavy atom. The third kappa shape index (κ3) is 5.56. The molecular weight excluding hydrogens is 504 g/mol.